The van der Waals surface area contributed by atoms with Crippen molar-refractivity contribution < 1.29 is 14.3 Å². The predicted octanol–water partition coefficient (Wildman–Crippen LogP) is 2.98. The summed E-state index contributed by atoms with van der Waals surface area (Å²) < 4.78 is 11.0. The lowest BCUT2D eigenvalue weighted by Gasteiger charge is -2.18. The highest BCUT2D eigenvalue weighted by Gasteiger charge is 2.15. The largest absolute Gasteiger partial charge is 0.486 e. The summed E-state index contributed by atoms with van der Waals surface area (Å²) in [6.45, 7) is 4.94. The van der Waals surface area contributed by atoms with Gasteiger partial charge in [0.2, 0.25) is 0 Å². The van der Waals surface area contributed by atoms with E-state index in [1.54, 1.807) is 18.2 Å². The Balaban J connectivity index is 1.36. The summed E-state index contributed by atoms with van der Waals surface area (Å²) in [6.07, 6.45) is 2.59. The molecule has 0 bridgehead atoms. The van der Waals surface area contributed by atoms with Crippen LogP contribution in [-0.4, -0.2) is 37.1 Å². The standard InChI is InChI=1S/C21H24N2O3/c24-21(18-6-7-19-20(13-18)26-11-10-25-19)22-14-16-4-3-5-17(12-16)15-23-8-1-2-9-23/h3-7,12-13H,1-2,8-11,14-15H2,(H,22,24). The SMILES string of the molecule is O=C(NCc1cccc(CN2CCCC2)c1)c1ccc2c(c1)OCCO2. The molecule has 0 saturated carbocycles. The molecular formula is C21H24N2O3. The first kappa shape index (κ1) is 16.9. The molecule has 2 aliphatic heterocycles. The van der Waals surface area contributed by atoms with Gasteiger partial charge in [-0.15, -0.1) is 0 Å². The Morgan fingerprint density at radius 3 is 2.58 bits per heavy atom. The maximum absolute atomic E-state index is 12.5. The summed E-state index contributed by atoms with van der Waals surface area (Å²) in [5.74, 6) is 1.23. The van der Waals surface area contributed by atoms with E-state index in [4.69, 9.17) is 9.47 Å². The van der Waals surface area contributed by atoms with Crippen molar-refractivity contribution in [3.05, 3.63) is 59.2 Å². The number of rotatable bonds is 5. The summed E-state index contributed by atoms with van der Waals surface area (Å²) in [5, 5.41) is 2.99. The van der Waals surface area contributed by atoms with E-state index >= 15 is 0 Å². The molecule has 2 aromatic carbocycles. The molecule has 136 valence electrons. The molecule has 2 heterocycles. The van der Waals surface area contributed by atoms with Crippen LogP contribution in [0.2, 0.25) is 0 Å². The number of likely N-dealkylation sites (tertiary alicyclic amines) is 1. The van der Waals surface area contributed by atoms with Crippen LogP contribution in [0, 0.1) is 0 Å². The van der Waals surface area contributed by atoms with E-state index in [9.17, 15) is 4.79 Å². The highest BCUT2D eigenvalue weighted by Crippen LogP contribution is 2.30. The van der Waals surface area contributed by atoms with Gasteiger partial charge in [0, 0.05) is 18.7 Å². The van der Waals surface area contributed by atoms with Gasteiger partial charge in [-0.05, 0) is 55.3 Å². The molecule has 1 fully saturated rings. The van der Waals surface area contributed by atoms with Gasteiger partial charge in [-0.25, -0.2) is 0 Å². The second-order valence-corrected chi connectivity index (χ2v) is 6.84. The average Bonchev–Trinajstić information content (AvgIpc) is 3.19. The van der Waals surface area contributed by atoms with Crippen LogP contribution in [0.3, 0.4) is 0 Å². The van der Waals surface area contributed by atoms with Crippen LogP contribution in [0.5, 0.6) is 11.5 Å². The van der Waals surface area contributed by atoms with Crippen LogP contribution in [-0.2, 0) is 13.1 Å². The summed E-state index contributed by atoms with van der Waals surface area (Å²) in [6, 6.07) is 13.8. The van der Waals surface area contributed by atoms with Gasteiger partial charge >= 0.3 is 0 Å². The third kappa shape index (κ3) is 3.99. The van der Waals surface area contributed by atoms with Gasteiger partial charge in [0.15, 0.2) is 11.5 Å². The fraction of sp³-hybridized carbons (Fsp3) is 0.381. The van der Waals surface area contributed by atoms with E-state index in [1.807, 2.05) is 0 Å². The maximum atomic E-state index is 12.5. The summed E-state index contributed by atoms with van der Waals surface area (Å²) in [4.78, 5) is 14.9. The van der Waals surface area contributed by atoms with Gasteiger partial charge in [-0.2, -0.15) is 0 Å². The van der Waals surface area contributed by atoms with Gasteiger partial charge in [0.25, 0.3) is 5.91 Å². The van der Waals surface area contributed by atoms with Gasteiger partial charge < -0.3 is 14.8 Å². The van der Waals surface area contributed by atoms with Crippen molar-refractivity contribution >= 4 is 5.91 Å². The minimum atomic E-state index is -0.105. The summed E-state index contributed by atoms with van der Waals surface area (Å²) in [7, 11) is 0. The van der Waals surface area contributed by atoms with Crippen molar-refractivity contribution in [1.29, 1.82) is 0 Å². The number of carbonyl (C=O) groups excluding carboxylic acids is 1. The number of nitrogens with one attached hydrogen (secondary N) is 1. The van der Waals surface area contributed by atoms with Crippen LogP contribution < -0.4 is 14.8 Å². The summed E-state index contributed by atoms with van der Waals surface area (Å²) >= 11 is 0. The Hall–Kier alpha value is -2.53. The van der Waals surface area contributed by atoms with Crippen molar-refractivity contribution in [3.8, 4) is 11.5 Å². The monoisotopic (exact) mass is 352 g/mol. The lowest BCUT2D eigenvalue weighted by molar-refractivity contribution is 0.0949. The van der Waals surface area contributed by atoms with Crippen LogP contribution in [0.25, 0.3) is 0 Å². The molecule has 5 nitrogen and oxygen atoms in total. The molecule has 0 aliphatic carbocycles. The molecule has 1 saturated heterocycles. The lowest BCUT2D eigenvalue weighted by atomic mass is 10.1. The van der Waals surface area contributed by atoms with E-state index in [0.29, 0.717) is 36.8 Å². The van der Waals surface area contributed by atoms with Crippen LogP contribution >= 0.6 is 0 Å². The lowest BCUT2D eigenvalue weighted by Crippen LogP contribution is -2.23. The molecule has 1 N–H and O–H groups in total. The highest BCUT2D eigenvalue weighted by molar-refractivity contribution is 5.94. The second kappa shape index (κ2) is 7.79. The molecular weight excluding hydrogens is 328 g/mol. The van der Waals surface area contributed by atoms with Crippen LogP contribution in [0.4, 0.5) is 0 Å². The molecule has 1 amide bonds. The third-order valence-corrected chi connectivity index (χ3v) is 4.85. The first-order valence-electron chi connectivity index (χ1n) is 9.26. The molecule has 4 rings (SSSR count). The molecule has 5 heteroatoms. The zero-order chi connectivity index (χ0) is 17.8. The molecule has 2 aliphatic rings. The third-order valence-electron chi connectivity index (χ3n) is 4.85. The number of amides is 1. The molecule has 0 unspecified atom stereocenters. The van der Waals surface area contributed by atoms with Crippen molar-refractivity contribution in [2.75, 3.05) is 26.3 Å². The molecule has 0 radical (unpaired) electrons. The van der Waals surface area contributed by atoms with Crippen LogP contribution in [0.15, 0.2) is 42.5 Å². The minimum Gasteiger partial charge on any atom is -0.486 e. The number of carbonyl (C=O) groups is 1. The van der Waals surface area contributed by atoms with Gasteiger partial charge in [-0.1, -0.05) is 24.3 Å². The number of ether oxygens (including phenoxy) is 2. The maximum Gasteiger partial charge on any atom is 0.251 e. The number of hydrogen-bond acceptors (Lipinski definition) is 4. The molecule has 0 spiro atoms. The predicted molar refractivity (Wildman–Crippen MR) is 99.6 cm³/mol. The van der Waals surface area contributed by atoms with E-state index in [0.717, 1.165) is 12.1 Å². The van der Waals surface area contributed by atoms with E-state index in [1.165, 1.54) is 31.5 Å². The smallest absolute Gasteiger partial charge is 0.251 e. The van der Waals surface area contributed by atoms with Crippen molar-refractivity contribution in [1.82, 2.24) is 10.2 Å². The molecule has 0 atom stereocenters. The van der Waals surface area contributed by atoms with Crippen LogP contribution in [0.1, 0.15) is 34.3 Å². The zero-order valence-corrected chi connectivity index (χ0v) is 14.9. The fourth-order valence-electron chi connectivity index (χ4n) is 3.51. The Morgan fingerprint density at radius 2 is 1.73 bits per heavy atom. The average molecular weight is 352 g/mol. The Bertz CT molecular complexity index is 785. The van der Waals surface area contributed by atoms with Gasteiger partial charge in [-0.3, -0.25) is 9.69 Å². The highest BCUT2D eigenvalue weighted by atomic mass is 16.6. The van der Waals surface area contributed by atoms with Crippen molar-refractivity contribution in [2.45, 2.75) is 25.9 Å². The fourth-order valence-corrected chi connectivity index (χ4v) is 3.51. The first-order valence-corrected chi connectivity index (χ1v) is 9.26. The zero-order valence-electron chi connectivity index (χ0n) is 14.9. The number of fused-ring (bicyclic) bond motifs is 1. The molecule has 2 aromatic rings. The van der Waals surface area contributed by atoms with Crippen molar-refractivity contribution in [2.24, 2.45) is 0 Å². The summed E-state index contributed by atoms with van der Waals surface area (Å²) in [5.41, 5.74) is 3.01. The molecule has 0 aromatic heterocycles. The van der Waals surface area contributed by atoms with E-state index < -0.39 is 0 Å². The molecule has 26 heavy (non-hydrogen) atoms. The van der Waals surface area contributed by atoms with Gasteiger partial charge in [0.05, 0.1) is 0 Å². The van der Waals surface area contributed by atoms with Crippen molar-refractivity contribution in [3.63, 3.8) is 0 Å². The van der Waals surface area contributed by atoms with Gasteiger partial charge in [0.1, 0.15) is 13.2 Å². The topological polar surface area (TPSA) is 50.8 Å². The second-order valence-electron chi connectivity index (χ2n) is 6.84. The minimum absolute atomic E-state index is 0.105. The number of hydrogen-bond donors (Lipinski definition) is 1. The first-order chi connectivity index (χ1) is 12.8. The Labute approximate surface area is 153 Å². The Kier molecular flexibility index (Phi) is 5.07. The number of benzene rings is 2. The Morgan fingerprint density at radius 1 is 0.962 bits per heavy atom. The normalized spacial score (nSPS) is 16.5. The number of nitrogens with zero attached hydrogens (tertiary/aromatic N) is 1. The van der Waals surface area contributed by atoms with E-state index in [2.05, 4.69) is 34.5 Å². The quantitative estimate of drug-likeness (QED) is 0.899. The van der Waals surface area contributed by atoms with E-state index in [-0.39, 0.29) is 5.91 Å².